The van der Waals surface area contributed by atoms with Crippen LogP contribution in [0.5, 0.6) is 0 Å². The van der Waals surface area contributed by atoms with Gasteiger partial charge in [-0.3, -0.25) is 0 Å². The molecule has 7 unspecified atom stereocenters. The van der Waals surface area contributed by atoms with E-state index in [1.807, 2.05) is 0 Å². The van der Waals surface area contributed by atoms with Gasteiger partial charge >= 0.3 is 21.7 Å². The largest absolute Gasteiger partial charge is 4.00 e. The summed E-state index contributed by atoms with van der Waals surface area (Å²) in [4.78, 5) is 5.66. The van der Waals surface area contributed by atoms with Crippen LogP contribution in [0.4, 0.5) is 0 Å². The van der Waals surface area contributed by atoms with Gasteiger partial charge in [0.05, 0.1) is 5.60 Å². The Labute approximate surface area is 231 Å². The van der Waals surface area contributed by atoms with Gasteiger partial charge in [-0.25, -0.2) is 0 Å². The second-order valence-corrected chi connectivity index (χ2v) is 18.0. The quantitative estimate of drug-likeness (QED) is 0.167. The van der Waals surface area contributed by atoms with Crippen molar-refractivity contribution in [3.05, 3.63) is 27.3 Å². The van der Waals surface area contributed by atoms with Gasteiger partial charge in [-0.15, -0.1) is 5.54 Å². The van der Waals surface area contributed by atoms with Crippen LogP contribution in [0.1, 0.15) is 94.4 Å². The second-order valence-electron chi connectivity index (χ2n) is 12.3. The van der Waals surface area contributed by atoms with Crippen molar-refractivity contribution in [2.75, 3.05) is 6.61 Å². The molecule has 1 saturated heterocycles. The first-order valence-corrected chi connectivity index (χ1v) is 15.9. The van der Waals surface area contributed by atoms with Crippen molar-refractivity contribution in [1.82, 2.24) is 0 Å². The first kappa shape index (κ1) is 38.7. The van der Waals surface area contributed by atoms with Crippen LogP contribution in [0.3, 0.4) is 0 Å². The van der Waals surface area contributed by atoms with Crippen LogP contribution >= 0.6 is 11.8 Å². The molecule has 0 radical (unpaired) electrons. The molecule has 196 valence electrons. The molecule has 5 heteroatoms. The predicted molar refractivity (Wildman–Crippen MR) is 154 cm³/mol. The van der Waals surface area contributed by atoms with E-state index in [1.165, 1.54) is 38.1 Å². The van der Waals surface area contributed by atoms with Crippen LogP contribution in [-0.4, -0.2) is 36.5 Å². The average Bonchev–Trinajstić information content (AvgIpc) is 3.01. The number of thioether (sulfide) groups is 1. The van der Waals surface area contributed by atoms with Crippen molar-refractivity contribution in [3.8, 4) is 0 Å². The summed E-state index contributed by atoms with van der Waals surface area (Å²) in [6, 6.07) is 1.38. The minimum Gasteiger partial charge on any atom is -0.659 e. The van der Waals surface area contributed by atoms with Crippen LogP contribution in [0.25, 0.3) is 4.98 Å². The second kappa shape index (κ2) is 15.5. The molecule has 2 rings (SSSR count). The molecule has 2 fully saturated rings. The van der Waals surface area contributed by atoms with Crippen molar-refractivity contribution in [3.63, 3.8) is 0 Å². The van der Waals surface area contributed by atoms with Gasteiger partial charge in [0.2, 0.25) is 0 Å². The molecule has 0 aromatic heterocycles. The molecule has 1 heterocycles. The Bertz CT molecular complexity index is 521. The standard InChI is InChI=1S/C25H50NOSSi.3CH3.Ti/c1-18-17-21-19(2)20(3)23(22(21)28-18)29(10,26-24(4,5)6)16-14-12-11-13-15-27-25(7,8)9;;;;/h18-23H,11-17H2,1-10H3;3*1H3;/q4*-1;+4. The van der Waals surface area contributed by atoms with Crippen molar-refractivity contribution < 1.29 is 26.5 Å². The molecule has 2 nitrogen and oxygen atoms in total. The first-order valence-electron chi connectivity index (χ1n) is 12.3. The fraction of sp³-hybridized carbons (Fsp3) is 0.893. The maximum Gasteiger partial charge on any atom is 4.00 e. The third kappa shape index (κ3) is 11.4. The topological polar surface area (TPSA) is 23.3 Å². The molecule has 1 saturated carbocycles. The Morgan fingerprint density at radius 3 is 1.94 bits per heavy atom. The first-order chi connectivity index (χ1) is 13.2. The third-order valence-electron chi connectivity index (χ3n) is 7.26. The van der Waals surface area contributed by atoms with Crippen molar-refractivity contribution in [2.24, 2.45) is 17.8 Å². The van der Waals surface area contributed by atoms with Gasteiger partial charge < -0.3 is 32.0 Å². The molecule has 33 heavy (non-hydrogen) atoms. The van der Waals surface area contributed by atoms with E-state index in [0.29, 0.717) is 0 Å². The molecule has 0 amide bonds. The molecule has 0 aromatic rings. The van der Waals surface area contributed by atoms with Gasteiger partial charge in [-0.05, 0) is 56.9 Å². The minimum absolute atomic E-state index is 0. The van der Waals surface area contributed by atoms with Crippen LogP contribution in [0.15, 0.2) is 0 Å². The number of fused-ring (bicyclic) bond motifs is 1. The van der Waals surface area contributed by atoms with Gasteiger partial charge in [0.25, 0.3) is 0 Å². The summed E-state index contributed by atoms with van der Waals surface area (Å²) >= 11 is 2.32. The third-order valence-corrected chi connectivity index (χ3v) is 14.0. The van der Waals surface area contributed by atoms with Crippen molar-refractivity contribution >= 4 is 20.0 Å². The molecule has 1 aliphatic heterocycles. The Kier molecular flexibility index (Phi) is 18.1. The van der Waals surface area contributed by atoms with E-state index in [4.69, 9.17) is 9.72 Å². The van der Waals surface area contributed by atoms with Crippen LogP contribution in [0, 0.1) is 40.0 Å². The molecule has 2 aliphatic rings. The molecule has 7 atom stereocenters. The summed E-state index contributed by atoms with van der Waals surface area (Å²) in [5, 5.41) is 1.72. The van der Waals surface area contributed by atoms with E-state index in [0.717, 1.165) is 40.4 Å². The van der Waals surface area contributed by atoms with Crippen molar-refractivity contribution in [2.45, 2.75) is 134 Å². The minimum atomic E-state index is -1.70. The van der Waals surface area contributed by atoms with E-state index < -0.39 is 8.24 Å². The zero-order valence-electron chi connectivity index (χ0n) is 24.7. The molecule has 0 aromatic carbocycles. The summed E-state index contributed by atoms with van der Waals surface area (Å²) in [5.41, 5.74) is 0.956. The monoisotopic (exact) mass is 533 g/mol. The molecular weight excluding hydrogens is 474 g/mol. The number of ether oxygens (including phenoxy) is 1. The molecule has 0 N–H and O–H groups in total. The average molecular weight is 534 g/mol. The summed E-state index contributed by atoms with van der Waals surface area (Å²) < 4.78 is 5.89. The fourth-order valence-electron chi connectivity index (χ4n) is 6.12. The molecule has 0 spiro atoms. The zero-order valence-corrected chi connectivity index (χ0v) is 28.1. The van der Waals surface area contributed by atoms with Gasteiger partial charge in [0.1, 0.15) is 0 Å². The van der Waals surface area contributed by atoms with E-state index in [2.05, 4.69) is 80.6 Å². The van der Waals surface area contributed by atoms with Gasteiger partial charge in [-0.1, -0.05) is 81.6 Å². The maximum atomic E-state index is 5.89. The number of unbranched alkanes of at least 4 members (excludes halogenated alkanes) is 3. The fourth-order valence-corrected chi connectivity index (χ4v) is 14.6. The molecule has 1 aliphatic carbocycles. The van der Waals surface area contributed by atoms with Crippen LogP contribution in [0.2, 0.25) is 18.1 Å². The van der Waals surface area contributed by atoms with E-state index in [1.54, 1.807) is 0 Å². The predicted octanol–water partition coefficient (Wildman–Crippen LogP) is 9.62. The Morgan fingerprint density at radius 1 is 0.879 bits per heavy atom. The van der Waals surface area contributed by atoms with Gasteiger partial charge in [0, 0.05) is 17.1 Å². The Hall–Kier alpha value is 1.20. The van der Waals surface area contributed by atoms with E-state index >= 15 is 0 Å². The normalized spacial score (nSPS) is 30.7. The SMILES string of the molecule is CC1CC2C(C)C(C)C([Si](C)(CCCCCCOC(C)(C)C)[N-]C(C)(C)C)C2S1.[CH3-].[CH3-].[CH3-].[Ti+4]. The summed E-state index contributed by atoms with van der Waals surface area (Å²) in [5.74, 6) is 2.65. The van der Waals surface area contributed by atoms with E-state index in [-0.39, 0.29) is 55.1 Å². The summed E-state index contributed by atoms with van der Waals surface area (Å²) in [7, 11) is -1.70. The maximum absolute atomic E-state index is 5.89. The summed E-state index contributed by atoms with van der Waals surface area (Å²) in [6.07, 6.45) is 6.62. The Morgan fingerprint density at radius 2 is 1.42 bits per heavy atom. The van der Waals surface area contributed by atoms with Gasteiger partial charge in [0.15, 0.2) is 0 Å². The number of rotatable bonds is 9. The Balaban J connectivity index is -0.00000225. The van der Waals surface area contributed by atoms with Gasteiger partial charge in [-0.2, -0.15) is 11.8 Å². The molecule has 0 bridgehead atoms. The number of hydrogen-bond donors (Lipinski definition) is 0. The summed E-state index contributed by atoms with van der Waals surface area (Å²) in [6.45, 7) is 24.5. The van der Waals surface area contributed by atoms with E-state index in [9.17, 15) is 0 Å². The smallest absolute Gasteiger partial charge is 0.659 e. The van der Waals surface area contributed by atoms with Crippen molar-refractivity contribution in [1.29, 1.82) is 0 Å². The zero-order chi connectivity index (χ0) is 22.0. The van der Waals surface area contributed by atoms with Crippen LogP contribution in [-0.2, 0) is 26.5 Å². The number of nitrogens with zero attached hydrogens (tertiary/aromatic N) is 1. The van der Waals surface area contributed by atoms with Crippen LogP contribution < -0.4 is 0 Å². The number of hydrogen-bond acceptors (Lipinski definition) is 2. The molecular formula is C28H59NOSSiTi.